The second-order valence-corrected chi connectivity index (χ2v) is 29.9. The average molecular weight is 1650 g/mol. The number of aryl methyl sites for hydroxylation is 2. The Morgan fingerprint density at radius 2 is 0.443 bits per heavy atom. The highest BCUT2D eigenvalue weighted by molar-refractivity contribution is 5.74. The minimum Gasteiger partial charge on any atom is -0.497 e. The van der Waals surface area contributed by atoms with E-state index >= 15 is 0 Å². The lowest BCUT2D eigenvalue weighted by Gasteiger charge is -2.38. The van der Waals surface area contributed by atoms with Crippen molar-refractivity contribution in [2.24, 2.45) is 0 Å². The first kappa shape index (κ1) is 93.8. The van der Waals surface area contributed by atoms with Crippen molar-refractivity contribution in [3.05, 3.63) is 324 Å². The standard InChI is InChI=1S/C21H24O3.C20H24O3.C18H20O3.3C15H14O3/c1-16(22)24-20-12-8-18(9-13-20)21(14-4-3-5-15-21)17-6-10-19(23-2)11-7-17;1-13-11-16(7-9-18(13)22-6)20(4,5)17-8-10-19(14(2)12-17)23-15(3)21;1-13(19)21-17-11-7-15(8-12-17)18(2,3)14-5-9-16(20-4)10-6-14;3*1-11(16)18-15-9-5-13(6-10-15)12-3-7-14(17-2)8-4-12/h6-13H,3-5,14-15H2,1-2H3;7-12H,1-6H3;5-12H,1-4H3;3*3-10H,1-2H3. The number of ether oxygens (including phenoxy) is 12. The van der Waals surface area contributed by atoms with E-state index in [4.69, 9.17) is 56.8 Å². The lowest BCUT2D eigenvalue weighted by Crippen LogP contribution is -2.30. The third-order valence-electron chi connectivity index (χ3n) is 20.6. The van der Waals surface area contributed by atoms with E-state index in [2.05, 4.69) is 82.3 Å². The molecule has 1 aliphatic rings. The third kappa shape index (κ3) is 27.7. The van der Waals surface area contributed by atoms with E-state index in [9.17, 15) is 28.8 Å². The smallest absolute Gasteiger partial charge is 0.308 e. The van der Waals surface area contributed by atoms with Gasteiger partial charge in [-0.2, -0.15) is 0 Å². The van der Waals surface area contributed by atoms with Crippen LogP contribution in [0, 0.1) is 13.8 Å². The van der Waals surface area contributed by atoms with Gasteiger partial charge in [0.2, 0.25) is 0 Å². The molecule has 0 saturated heterocycles. The van der Waals surface area contributed by atoms with Crippen molar-refractivity contribution in [1.82, 2.24) is 0 Å². The second kappa shape index (κ2) is 45.4. The number of methoxy groups -OCH3 is 6. The summed E-state index contributed by atoms with van der Waals surface area (Å²) in [6.45, 7) is 21.1. The van der Waals surface area contributed by atoms with Gasteiger partial charge in [0.05, 0.1) is 42.7 Å². The summed E-state index contributed by atoms with van der Waals surface area (Å²) in [6.07, 6.45) is 6.05. The normalized spacial score (nSPS) is 11.6. The van der Waals surface area contributed by atoms with Crippen molar-refractivity contribution in [2.75, 3.05) is 42.7 Å². The maximum atomic E-state index is 11.1. The van der Waals surface area contributed by atoms with Gasteiger partial charge in [-0.05, 0) is 238 Å². The first-order chi connectivity index (χ1) is 58.4. The van der Waals surface area contributed by atoms with Crippen LogP contribution in [0.1, 0.15) is 146 Å². The maximum absolute atomic E-state index is 11.1. The number of hydrogen-bond donors (Lipinski definition) is 0. The largest absolute Gasteiger partial charge is 0.497 e. The Labute approximate surface area is 717 Å². The van der Waals surface area contributed by atoms with Gasteiger partial charge in [0, 0.05) is 57.8 Å². The quantitative estimate of drug-likeness (QED) is 0.0483. The van der Waals surface area contributed by atoms with Crippen LogP contribution in [0.15, 0.2) is 279 Å². The summed E-state index contributed by atoms with van der Waals surface area (Å²) in [6, 6.07) is 89.9. The molecule has 12 aromatic rings. The van der Waals surface area contributed by atoms with Gasteiger partial charge in [-0.25, -0.2) is 0 Å². The fourth-order valence-electron chi connectivity index (χ4n) is 13.8. The summed E-state index contributed by atoms with van der Waals surface area (Å²) in [5, 5.41) is 0. The lowest BCUT2D eigenvalue weighted by molar-refractivity contribution is -0.132. The van der Waals surface area contributed by atoms with E-state index in [1.807, 2.05) is 202 Å². The topological polar surface area (TPSA) is 213 Å². The number of esters is 6. The summed E-state index contributed by atoms with van der Waals surface area (Å²) in [5.74, 6) is 6.73. The molecule has 0 unspecified atom stereocenters. The van der Waals surface area contributed by atoms with Gasteiger partial charge in [-0.15, -0.1) is 0 Å². The maximum Gasteiger partial charge on any atom is 0.308 e. The van der Waals surface area contributed by atoms with Crippen LogP contribution in [-0.4, -0.2) is 78.5 Å². The summed E-state index contributed by atoms with van der Waals surface area (Å²) in [7, 11) is 9.96. The molecule has 18 heteroatoms. The summed E-state index contributed by atoms with van der Waals surface area (Å²) >= 11 is 0. The SMILES string of the molecule is COc1ccc(-c2ccc(OC(C)=O)cc2)cc1.COc1ccc(-c2ccc(OC(C)=O)cc2)cc1.COc1ccc(-c2ccc(OC(C)=O)cc2)cc1.COc1ccc(C(C)(C)c2ccc(OC(C)=O)c(C)c2)cc1C.COc1ccc(C(C)(C)c2ccc(OC(C)=O)cc2)cc1.COc1ccc(C2(c3ccc(OC(C)=O)cc3)CCCCC2)cc1. The van der Waals surface area contributed by atoms with Crippen LogP contribution in [0.4, 0.5) is 0 Å². The summed E-state index contributed by atoms with van der Waals surface area (Å²) < 4.78 is 61.6. The van der Waals surface area contributed by atoms with E-state index in [0.29, 0.717) is 34.5 Å². The minimum atomic E-state index is -0.313. The van der Waals surface area contributed by atoms with E-state index in [1.54, 1.807) is 79.1 Å². The van der Waals surface area contributed by atoms with Crippen molar-refractivity contribution in [3.63, 3.8) is 0 Å². The Morgan fingerprint density at radius 3 is 0.680 bits per heavy atom. The molecule has 0 atom stereocenters. The highest BCUT2D eigenvalue weighted by Gasteiger charge is 2.36. The molecule has 0 radical (unpaired) electrons. The van der Waals surface area contributed by atoms with Crippen LogP contribution >= 0.6 is 0 Å². The van der Waals surface area contributed by atoms with Crippen molar-refractivity contribution >= 4 is 35.8 Å². The number of benzene rings is 12. The predicted octanol–water partition coefficient (Wildman–Crippen LogP) is 23.2. The van der Waals surface area contributed by atoms with Crippen LogP contribution in [0.2, 0.25) is 0 Å². The molecular formula is C104H110O18. The van der Waals surface area contributed by atoms with Crippen LogP contribution in [0.3, 0.4) is 0 Å². The van der Waals surface area contributed by atoms with E-state index in [1.165, 1.54) is 88.6 Å². The van der Waals surface area contributed by atoms with Gasteiger partial charge in [0.1, 0.15) is 69.0 Å². The van der Waals surface area contributed by atoms with Crippen molar-refractivity contribution in [1.29, 1.82) is 0 Å². The summed E-state index contributed by atoms with van der Waals surface area (Å²) in [5.41, 5.74) is 15.7. The molecule has 0 bridgehead atoms. The monoisotopic (exact) mass is 1650 g/mol. The first-order valence-corrected chi connectivity index (χ1v) is 40.0. The number of carbonyl (C=O) groups is 6. The zero-order chi connectivity index (χ0) is 88.5. The second-order valence-electron chi connectivity index (χ2n) is 29.9. The Balaban J connectivity index is 0.000000183. The Kier molecular flexibility index (Phi) is 34.9. The van der Waals surface area contributed by atoms with Crippen LogP contribution in [-0.2, 0) is 45.0 Å². The molecule has 0 amide bonds. The molecular weight excluding hydrogens is 1540 g/mol. The van der Waals surface area contributed by atoms with Crippen LogP contribution < -0.4 is 56.8 Å². The predicted molar refractivity (Wildman–Crippen MR) is 479 cm³/mol. The zero-order valence-corrected chi connectivity index (χ0v) is 72.9. The number of rotatable bonds is 21. The average Bonchev–Trinajstić information content (AvgIpc) is 0.768. The van der Waals surface area contributed by atoms with Crippen LogP contribution in [0.25, 0.3) is 33.4 Å². The molecule has 0 spiro atoms. The van der Waals surface area contributed by atoms with Gasteiger partial charge in [-0.3, -0.25) is 28.8 Å². The van der Waals surface area contributed by atoms with Gasteiger partial charge >= 0.3 is 35.8 Å². The highest BCUT2D eigenvalue weighted by atomic mass is 16.6. The number of hydrogen-bond acceptors (Lipinski definition) is 18. The molecule has 634 valence electrons. The van der Waals surface area contributed by atoms with Crippen LogP contribution in [0.5, 0.6) is 69.0 Å². The molecule has 0 aromatic heterocycles. The molecule has 1 aliphatic carbocycles. The fourth-order valence-corrected chi connectivity index (χ4v) is 13.8. The van der Waals surface area contributed by atoms with E-state index in [0.717, 1.165) is 97.4 Å². The molecule has 12 aromatic carbocycles. The van der Waals surface area contributed by atoms with Crippen molar-refractivity contribution in [2.45, 2.75) is 131 Å². The summed E-state index contributed by atoms with van der Waals surface area (Å²) in [4.78, 5) is 65.6. The molecule has 122 heavy (non-hydrogen) atoms. The van der Waals surface area contributed by atoms with E-state index < -0.39 is 0 Å². The van der Waals surface area contributed by atoms with Gasteiger partial charge in [0.15, 0.2) is 0 Å². The molecule has 0 heterocycles. The highest BCUT2D eigenvalue weighted by Crippen LogP contribution is 2.46. The Bertz CT molecular complexity index is 5100. The first-order valence-electron chi connectivity index (χ1n) is 40.0. The van der Waals surface area contributed by atoms with Crippen molar-refractivity contribution in [3.8, 4) is 102 Å². The molecule has 18 nitrogen and oxygen atoms in total. The Morgan fingerprint density at radius 1 is 0.238 bits per heavy atom. The molecule has 13 rings (SSSR count). The molecule has 0 aliphatic heterocycles. The van der Waals surface area contributed by atoms with Gasteiger partial charge in [0.25, 0.3) is 0 Å². The Hall–Kier alpha value is -13.7. The van der Waals surface area contributed by atoms with E-state index in [-0.39, 0.29) is 52.1 Å². The lowest BCUT2D eigenvalue weighted by atomic mass is 9.65. The molecule has 1 fully saturated rings. The number of carbonyl (C=O) groups excluding carboxylic acids is 6. The van der Waals surface area contributed by atoms with Gasteiger partial charge < -0.3 is 56.8 Å². The molecule has 1 saturated carbocycles. The third-order valence-corrected chi connectivity index (χ3v) is 20.6. The molecule has 0 N–H and O–H groups in total. The fraction of sp³-hybridized carbons (Fsp3) is 0.250. The van der Waals surface area contributed by atoms with Crippen molar-refractivity contribution < 1.29 is 85.6 Å². The zero-order valence-electron chi connectivity index (χ0n) is 72.9. The van der Waals surface area contributed by atoms with Gasteiger partial charge in [-0.1, -0.05) is 193 Å². The minimum absolute atomic E-state index is 0.0409.